The highest BCUT2D eigenvalue weighted by Crippen LogP contribution is 2.35. The van der Waals surface area contributed by atoms with Gasteiger partial charge in [-0.25, -0.2) is 12.4 Å². The highest BCUT2D eigenvalue weighted by Gasteiger charge is 2.32. The molecule has 6 nitrogen and oxygen atoms in total. The van der Waals surface area contributed by atoms with Crippen LogP contribution in [0.5, 0.6) is 5.75 Å². The molecule has 0 saturated carbocycles. The van der Waals surface area contributed by atoms with Crippen LogP contribution >= 0.6 is 0 Å². The van der Waals surface area contributed by atoms with E-state index in [2.05, 4.69) is 4.74 Å². The fourth-order valence-electron chi connectivity index (χ4n) is 3.64. The Morgan fingerprint density at radius 3 is 2.65 bits per heavy atom. The lowest BCUT2D eigenvalue weighted by Gasteiger charge is -2.13. The van der Waals surface area contributed by atoms with Gasteiger partial charge in [0.25, 0.3) is 10.0 Å². The number of alkyl halides is 3. The van der Waals surface area contributed by atoms with Crippen molar-refractivity contribution >= 4 is 26.9 Å². The third kappa shape index (κ3) is 3.87. The van der Waals surface area contributed by atoms with Crippen LogP contribution in [0.15, 0.2) is 47.4 Å². The summed E-state index contributed by atoms with van der Waals surface area (Å²) in [5, 5.41) is 0.114. The number of hydrogen-bond acceptors (Lipinski definition) is 5. The van der Waals surface area contributed by atoms with Gasteiger partial charge in [-0.15, -0.1) is 0 Å². The van der Waals surface area contributed by atoms with Gasteiger partial charge in [0.2, 0.25) is 0 Å². The van der Waals surface area contributed by atoms with Crippen LogP contribution in [-0.2, 0) is 38.6 Å². The van der Waals surface area contributed by atoms with Crippen molar-refractivity contribution < 1.29 is 35.9 Å². The van der Waals surface area contributed by atoms with Gasteiger partial charge >= 0.3 is 12.1 Å². The van der Waals surface area contributed by atoms with Crippen LogP contribution in [0.3, 0.4) is 0 Å². The number of aryl methyl sites for hydroxylation is 1. The molecular formula is C21H18F3NO5S. The van der Waals surface area contributed by atoms with Crippen molar-refractivity contribution in [3.63, 3.8) is 0 Å². The number of halogens is 3. The molecule has 0 aliphatic carbocycles. The maximum absolute atomic E-state index is 13.5. The molecule has 0 fully saturated rings. The van der Waals surface area contributed by atoms with E-state index in [4.69, 9.17) is 4.74 Å². The lowest BCUT2D eigenvalue weighted by molar-refractivity contribution is -0.140. The molecule has 0 bridgehead atoms. The Kier molecular flexibility index (Phi) is 5.20. The van der Waals surface area contributed by atoms with Crippen LogP contribution in [0.1, 0.15) is 23.2 Å². The van der Waals surface area contributed by atoms with Crippen LogP contribution in [0.25, 0.3) is 10.9 Å². The molecule has 0 amide bonds. The second-order valence-electron chi connectivity index (χ2n) is 7.12. The van der Waals surface area contributed by atoms with Gasteiger partial charge in [-0.2, -0.15) is 13.2 Å². The molecule has 10 heteroatoms. The summed E-state index contributed by atoms with van der Waals surface area (Å²) >= 11 is 0. The zero-order valence-electron chi connectivity index (χ0n) is 16.4. The molecular weight excluding hydrogens is 435 g/mol. The predicted molar refractivity (Wildman–Crippen MR) is 106 cm³/mol. The Morgan fingerprint density at radius 1 is 1.16 bits per heavy atom. The van der Waals surface area contributed by atoms with Crippen LogP contribution in [0, 0.1) is 0 Å². The largest absolute Gasteiger partial charge is 0.493 e. The van der Waals surface area contributed by atoms with Crippen molar-refractivity contribution in [2.45, 2.75) is 30.3 Å². The molecule has 0 atom stereocenters. The lowest BCUT2D eigenvalue weighted by atomic mass is 10.1. The number of aromatic nitrogens is 1. The highest BCUT2D eigenvalue weighted by molar-refractivity contribution is 7.90. The van der Waals surface area contributed by atoms with E-state index in [9.17, 15) is 26.4 Å². The number of hydrogen-bond donors (Lipinski definition) is 0. The summed E-state index contributed by atoms with van der Waals surface area (Å²) in [4.78, 5) is 11.6. The smallest absolute Gasteiger partial charge is 0.416 e. The van der Waals surface area contributed by atoms with Crippen molar-refractivity contribution in [3.8, 4) is 5.75 Å². The number of ether oxygens (including phenoxy) is 2. The summed E-state index contributed by atoms with van der Waals surface area (Å²) < 4.78 is 77.5. The van der Waals surface area contributed by atoms with E-state index >= 15 is 0 Å². The molecule has 31 heavy (non-hydrogen) atoms. The Bertz CT molecular complexity index is 1280. The Labute approximate surface area is 176 Å². The first kappa shape index (κ1) is 21.2. The average molecular weight is 453 g/mol. The number of carbonyl (C=O) groups excluding carboxylic acids is 1. The Hall–Kier alpha value is -3.01. The van der Waals surface area contributed by atoms with E-state index in [1.165, 1.54) is 25.3 Å². The minimum absolute atomic E-state index is 0.00605. The Balaban J connectivity index is 1.88. The predicted octanol–water partition coefficient (Wildman–Crippen LogP) is 3.94. The van der Waals surface area contributed by atoms with Crippen molar-refractivity contribution in [3.05, 3.63) is 59.3 Å². The van der Waals surface area contributed by atoms with Crippen LogP contribution < -0.4 is 4.74 Å². The first-order valence-corrected chi connectivity index (χ1v) is 10.8. The maximum atomic E-state index is 13.5. The average Bonchev–Trinajstić information content (AvgIpc) is 3.34. The first-order valence-electron chi connectivity index (χ1n) is 9.41. The van der Waals surface area contributed by atoms with Crippen molar-refractivity contribution in [1.82, 2.24) is 3.97 Å². The number of nitrogens with zero attached hydrogens (tertiary/aromatic N) is 1. The van der Waals surface area contributed by atoms with E-state index in [0.29, 0.717) is 18.8 Å². The molecule has 0 saturated heterocycles. The van der Waals surface area contributed by atoms with Gasteiger partial charge < -0.3 is 9.47 Å². The van der Waals surface area contributed by atoms with Crippen molar-refractivity contribution in [1.29, 1.82) is 0 Å². The molecule has 0 spiro atoms. The lowest BCUT2D eigenvalue weighted by Crippen LogP contribution is -2.17. The summed E-state index contributed by atoms with van der Waals surface area (Å²) in [5.74, 6) is 0.0527. The van der Waals surface area contributed by atoms with Gasteiger partial charge in [0.15, 0.2) is 0 Å². The minimum atomic E-state index is -4.57. The standard InChI is InChI=1S/C21H18F3NO5S/c1-29-20(26)7-3-16-11-14-10-15(21(22,23)24)2-5-18(14)25(16)31(27,28)17-4-6-19-13(12-17)8-9-30-19/h2,4-6,10-12H,3,7-9H2,1H3. The normalized spacial score (nSPS) is 13.8. The number of rotatable bonds is 5. The molecule has 1 aliphatic heterocycles. The molecule has 2 aromatic carbocycles. The topological polar surface area (TPSA) is 74.6 Å². The number of benzene rings is 2. The zero-order valence-corrected chi connectivity index (χ0v) is 17.2. The van der Waals surface area contributed by atoms with Crippen LogP contribution in [0.2, 0.25) is 0 Å². The fraction of sp³-hybridized carbons (Fsp3) is 0.286. The quantitative estimate of drug-likeness (QED) is 0.547. The summed E-state index contributed by atoms with van der Waals surface area (Å²) in [6.45, 7) is 0.454. The maximum Gasteiger partial charge on any atom is 0.416 e. The van der Waals surface area contributed by atoms with Gasteiger partial charge in [0.05, 0.1) is 36.1 Å². The highest BCUT2D eigenvalue weighted by atomic mass is 32.2. The molecule has 2 heterocycles. The molecule has 3 aromatic rings. The number of methoxy groups -OCH3 is 1. The monoisotopic (exact) mass is 453 g/mol. The van der Waals surface area contributed by atoms with Crippen LogP contribution in [-0.4, -0.2) is 32.1 Å². The zero-order chi connectivity index (χ0) is 22.4. The number of esters is 1. The summed E-state index contributed by atoms with van der Waals surface area (Å²) in [6.07, 6.45) is -4.14. The van der Waals surface area contributed by atoms with Gasteiger partial charge in [-0.05, 0) is 54.4 Å². The van der Waals surface area contributed by atoms with Gasteiger partial charge in [-0.3, -0.25) is 4.79 Å². The molecule has 0 N–H and O–H groups in total. The van der Waals surface area contributed by atoms with Gasteiger partial charge in [0, 0.05) is 17.5 Å². The molecule has 0 unspecified atom stereocenters. The third-order valence-corrected chi connectivity index (χ3v) is 6.93. The molecule has 164 valence electrons. The summed E-state index contributed by atoms with van der Waals surface area (Å²) in [6, 6.07) is 8.72. The van der Waals surface area contributed by atoms with E-state index < -0.39 is 27.7 Å². The number of carbonyl (C=O) groups is 1. The van der Waals surface area contributed by atoms with Crippen molar-refractivity contribution in [2.24, 2.45) is 0 Å². The third-order valence-electron chi connectivity index (χ3n) is 5.17. The molecule has 1 aromatic heterocycles. The van der Waals surface area contributed by atoms with Gasteiger partial charge in [0.1, 0.15) is 5.75 Å². The van der Waals surface area contributed by atoms with E-state index in [0.717, 1.165) is 27.7 Å². The molecule has 1 aliphatic rings. The second kappa shape index (κ2) is 7.60. The second-order valence-corrected chi connectivity index (χ2v) is 8.91. The molecule has 0 radical (unpaired) electrons. The first-order chi connectivity index (χ1) is 14.6. The van der Waals surface area contributed by atoms with E-state index in [1.54, 1.807) is 6.07 Å². The summed E-state index contributed by atoms with van der Waals surface area (Å²) in [5.41, 5.74) is 0.151. The van der Waals surface area contributed by atoms with E-state index in [-0.39, 0.29) is 34.3 Å². The molecule has 4 rings (SSSR count). The summed E-state index contributed by atoms with van der Waals surface area (Å²) in [7, 11) is -2.94. The van der Waals surface area contributed by atoms with Crippen molar-refractivity contribution in [2.75, 3.05) is 13.7 Å². The van der Waals surface area contributed by atoms with Crippen LogP contribution in [0.4, 0.5) is 13.2 Å². The van der Waals surface area contributed by atoms with Gasteiger partial charge in [-0.1, -0.05) is 0 Å². The van der Waals surface area contributed by atoms with E-state index in [1.807, 2.05) is 0 Å². The number of fused-ring (bicyclic) bond motifs is 2. The Morgan fingerprint density at radius 2 is 1.94 bits per heavy atom. The SMILES string of the molecule is COC(=O)CCc1cc2cc(C(F)(F)F)ccc2n1S(=O)(=O)c1ccc2c(c1)CCO2. The fourth-order valence-corrected chi connectivity index (χ4v) is 5.26. The minimum Gasteiger partial charge on any atom is -0.493 e.